The van der Waals surface area contributed by atoms with Crippen LogP contribution < -0.4 is 0 Å². The van der Waals surface area contributed by atoms with Crippen LogP contribution in [-0.2, 0) is 18.3 Å². The lowest BCUT2D eigenvalue weighted by Gasteiger charge is -2.33. The molecule has 6 heteroatoms. The molecule has 3 aromatic rings. The number of carbonyl (C=O) groups is 1. The van der Waals surface area contributed by atoms with Crippen LogP contribution in [0.3, 0.4) is 0 Å². The first-order valence-corrected chi connectivity index (χ1v) is 12.5. The van der Waals surface area contributed by atoms with Crippen LogP contribution in [0.25, 0.3) is 0 Å². The number of hydrogen-bond donors (Lipinski definition) is 0. The smallest absolute Gasteiger partial charge is 0.257 e. The molecule has 1 saturated heterocycles. The second-order valence-corrected chi connectivity index (χ2v) is 9.85. The molecule has 5 nitrogen and oxygen atoms in total. The molecule has 0 saturated carbocycles. The van der Waals surface area contributed by atoms with Crippen LogP contribution in [0.15, 0.2) is 78.0 Å². The molecule has 34 heavy (non-hydrogen) atoms. The van der Waals surface area contributed by atoms with E-state index in [9.17, 15) is 4.79 Å². The van der Waals surface area contributed by atoms with Gasteiger partial charge in [0, 0.05) is 35.9 Å². The number of hydrazone groups is 1. The maximum absolute atomic E-state index is 13.5. The third kappa shape index (κ3) is 4.96. The molecule has 0 N–H and O–H groups in total. The molecule has 5 rings (SSSR count). The van der Waals surface area contributed by atoms with E-state index in [-0.39, 0.29) is 11.9 Å². The molecule has 1 fully saturated rings. The van der Waals surface area contributed by atoms with E-state index in [0.717, 1.165) is 49.3 Å². The number of aromatic nitrogens is 1. The lowest BCUT2D eigenvalue weighted by atomic mass is 9.90. The van der Waals surface area contributed by atoms with Crippen LogP contribution in [0, 0.1) is 5.92 Å². The Bertz CT molecular complexity index is 1160. The van der Waals surface area contributed by atoms with Crippen molar-refractivity contribution < 1.29 is 4.79 Å². The minimum absolute atomic E-state index is 0.0507. The van der Waals surface area contributed by atoms with Gasteiger partial charge in [0.25, 0.3) is 5.91 Å². The first-order valence-electron chi connectivity index (χ1n) is 12.1. The fourth-order valence-corrected chi connectivity index (χ4v) is 5.45. The molecule has 1 aromatic heterocycles. The summed E-state index contributed by atoms with van der Waals surface area (Å²) in [6.45, 7) is 2.30. The van der Waals surface area contributed by atoms with Gasteiger partial charge in [-0.05, 0) is 62.0 Å². The predicted molar refractivity (Wildman–Crippen MR) is 137 cm³/mol. The maximum atomic E-state index is 13.5. The number of benzene rings is 2. The maximum Gasteiger partial charge on any atom is 0.257 e. The second-order valence-electron chi connectivity index (χ2n) is 9.44. The molecule has 0 unspecified atom stereocenters. The normalized spacial score (nSPS) is 19.4. The highest BCUT2D eigenvalue weighted by atomic mass is 35.5. The zero-order valence-electron chi connectivity index (χ0n) is 19.6. The molecule has 1 amide bonds. The number of rotatable bonds is 6. The van der Waals surface area contributed by atoms with Crippen LogP contribution in [0.5, 0.6) is 0 Å². The second kappa shape index (κ2) is 10.2. The number of amides is 1. The molecule has 1 atom stereocenters. The Hall–Kier alpha value is -2.89. The molecule has 0 radical (unpaired) electrons. The first-order chi connectivity index (χ1) is 16.6. The van der Waals surface area contributed by atoms with Gasteiger partial charge in [0.2, 0.25) is 0 Å². The molecule has 0 aliphatic carbocycles. The van der Waals surface area contributed by atoms with Gasteiger partial charge >= 0.3 is 0 Å². The highest BCUT2D eigenvalue weighted by molar-refractivity contribution is 6.34. The van der Waals surface area contributed by atoms with Gasteiger partial charge in [-0.15, -0.1) is 0 Å². The van der Waals surface area contributed by atoms with Crippen molar-refractivity contribution in [2.45, 2.75) is 31.7 Å². The Morgan fingerprint density at radius 2 is 1.74 bits per heavy atom. The molecule has 2 aliphatic rings. The Morgan fingerprint density at radius 1 is 1.00 bits per heavy atom. The number of carbonyl (C=O) groups excluding carboxylic acids is 1. The van der Waals surface area contributed by atoms with Gasteiger partial charge in [0.1, 0.15) is 6.04 Å². The van der Waals surface area contributed by atoms with Gasteiger partial charge in [-0.1, -0.05) is 60.1 Å². The fourth-order valence-electron chi connectivity index (χ4n) is 5.21. The third-order valence-corrected chi connectivity index (χ3v) is 7.44. The predicted octanol–water partition coefficient (Wildman–Crippen LogP) is 5.31. The first kappa shape index (κ1) is 22.9. The third-order valence-electron chi connectivity index (χ3n) is 7.11. The zero-order valence-corrected chi connectivity index (χ0v) is 20.4. The summed E-state index contributed by atoms with van der Waals surface area (Å²) in [5.74, 6) is 0.733. The van der Waals surface area contributed by atoms with E-state index in [1.54, 1.807) is 5.01 Å². The van der Waals surface area contributed by atoms with Gasteiger partial charge in [-0.2, -0.15) is 5.10 Å². The lowest BCUT2D eigenvalue weighted by molar-refractivity contribution is -0.134. The van der Waals surface area contributed by atoms with Crippen LogP contribution in [0.4, 0.5) is 0 Å². The average Bonchev–Trinajstić information content (AvgIpc) is 3.47. The molecule has 2 aliphatic heterocycles. The van der Waals surface area contributed by atoms with Crippen molar-refractivity contribution in [3.05, 3.63) is 94.8 Å². The van der Waals surface area contributed by atoms with Crippen molar-refractivity contribution in [3.8, 4) is 0 Å². The number of piperidine rings is 1. The Morgan fingerprint density at radius 3 is 2.44 bits per heavy atom. The lowest BCUT2D eigenvalue weighted by Crippen LogP contribution is -2.42. The number of aryl methyl sites for hydroxylation is 1. The van der Waals surface area contributed by atoms with Gasteiger partial charge in [-0.3, -0.25) is 9.69 Å². The summed E-state index contributed by atoms with van der Waals surface area (Å²) in [6.07, 6.45) is 6.04. The van der Waals surface area contributed by atoms with E-state index in [0.29, 0.717) is 23.9 Å². The molecule has 0 bridgehead atoms. The molecular weight excluding hydrogens is 444 g/mol. The van der Waals surface area contributed by atoms with E-state index in [2.05, 4.69) is 45.9 Å². The molecule has 2 aromatic carbocycles. The van der Waals surface area contributed by atoms with Crippen molar-refractivity contribution in [1.82, 2.24) is 14.5 Å². The van der Waals surface area contributed by atoms with Crippen molar-refractivity contribution in [2.24, 2.45) is 18.1 Å². The van der Waals surface area contributed by atoms with Crippen LogP contribution in [0.2, 0.25) is 5.02 Å². The summed E-state index contributed by atoms with van der Waals surface area (Å²) >= 11 is 6.47. The van der Waals surface area contributed by atoms with Crippen molar-refractivity contribution >= 4 is 23.2 Å². The standard InChI is InChI=1S/C28H31ClN4O/c1-31-15-7-12-26(31)27-19-25(23-10-5-6-11-24(23)29)30-33(27)28(34)20-32-16-13-22(14-17-32)18-21-8-3-2-4-9-21/h2-12,15,22,27H,13-14,16-20H2,1H3/t27-/m1/s1. The quantitative estimate of drug-likeness (QED) is 0.485. The van der Waals surface area contributed by atoms with E-state index < -0.39 is 0 Å². The highest BCUT2D eigenvalue weighted by Crippen LogP contribution is 2.34. The Balaban J connectivity index is 1.27. The minimum Gasteiger partial charge on any atom is -0.353 e. The summed E-state index contributed by atoms with van der Waals surface area (Å²) < 4.78 is 2.07. The van der Waals surface area contributed by atoms with Gasteiger partial charge in [0.05, 0.1) is 12.3 Å². The van der Waals surface area contributed by atoms with E-state index in [4.69, 9.17) is 16.7 Å². The van der Waals surface area contributed by atoms with Crippen molar-refractivity contribution in [2.75, 3.05) is 19.6 Å². The number of nitrogens with zero attached hydrogens (tertiary/aromatic N) is 4. The largest absolute Gasteiger partial charge is 0.353 e. The Labute approximate surface area is 206 Å². The van der Waals surface area contributed by atoms with Gasteiger partial charge in [0.15, 0.2) is 0 Å². The SMILES string of the molecule is Cn1cccc1[C@H]1CC(c2ccccc2Cl)=NN1C(=O)CN1CCC(Cc2ccccc2)CC1. The summed E-state index contributed by atoms with van der Waals surface area (Å²) in [6, 6.07) is 22.4. The Kier molecular flexibility index (Phi) is 6.84. The molecule has 3 heterocycles. The van der Waals surface area contributed by atoms with Crippen LogP contribution in [0.1, 0.15) is 42.1 Å². The number of likely N-dealkylation sites (tertiary alicyclic amines) is 1. The average molecular weight is 475 g/mol. The van der Waals surface area contributed by atoms with E-state index >= 15 is 0 Å². The molecular formula is C28H31ClN4O. The summed E-state index contributed by atoms with van der Waals surface area (Å²) in [7, 11) is 2.02. The summed E-state index contributed by atoms with van der Waals surface area (Å²) in [5, 5.41) is 7.18. The monoisotopic (exact) mass is 474 g/mol. The fraction of sp³-hybridized carbons (Fsp3) is 0.357. The van der Waals surface area contributed by atoms with Crippen molar-refractivity contribution in [3.63, 3.8) is 0 Å². The van der Waals surface area contributed by atoms with E-state index in [1.165, 1.54) is 5.56 Å². The summed E-state index contributed by atoms with van der Waals surface area (Å²) in [4.78, 5) is 15.8. The number of hydrogen-bond acceptors (Lipinski definition) is 3. The molecule has 0 spiro atoms. The van der Waals surface area contributed by atoms with Crippen molar-refractivity contribution in [1.29, 1.82) is 0 Å². The summed E-state index contributed by atoms with van der Waals surface area (Å²) in [5.41, 5.74) is 4.26. The van der Waals surface area contributed by atoms with Crippen LogP contribution in [-0.4, -0.2) is 45.7 Å². The topological polar surface area (TPSA) is 40.8 Å². The van der Waals surface area contributed by atoms with Gasteiger partial charge in [-0.25, -0.2) is 5.01 Å². The highest BCUT2D eigenvalue weighted by Gasteiger charge is 2.35. The number of halogens is 1. The minimum atomic E-state index is -0.116. The van der Waals surface area contributed by atoms with Gasteiger partial charge < -0.3 is 4.57 Å². The van der Waals surface area contributed by atoms with Crippen LogP contribution >= 0.6 is 11.6 Å². The zero-order chi connectivity index (χ0) is 23.5. The van der Waals surface area contributed by atoms with E-state index in [1.807, 2.05) is 43.6 Å². The molecule has 176 valence electrons.